The van der Waals surface area contributed by atoms with Crippen molar-refractivity contribution in [1.82, 2.24) is 19.4 Å². The number of anilines is 2. The van der Waals surface area contributed by atoms with E-state index in [1.807, 2.05) is 17.0 Å². The first-order valence-corrected chi connectivity index (χ1v) is 12.5. The van der Waals surface area contributed by atoms with Gasteiger partial charge in [-0.3, -0.25) is 9.59 Å². The fourth-order valence-electron chi connectivity index (χ4n) is 4.95. The van der Waals surface area contributed by atoms with E-state index in [4.69, 9.17) is 5.73 Å². The number of nitrogens with one attached hydrogen (secondary N) is 1. The first-order valence-electron chi connectivity index (χ1n) is 12.5. The summed E-state index contributed by atoms with van der Waals surface area (Å²) in [6.45, 7) is 6.73. The summed E-state index contributed by atoms with van der Waals surface area (Å²) in [6.07, 6.45) is 4.56. The van der Waals surface area contributed by atoms with Crippen molar-refractivity contribution < 1.29 is 14.0 Å². The van der Waals surface area contributed by atoms with Gasteiger partial charge in [-0.05, 0) is 62.1 Å². The molecule has 3 heterocycles. The summed E-state index contributed by atoms with van der Waals surface area (Å²) in [5.41, 5.74) is 10.4. The number of hydrogen-bond donors (Lipinski definition) is 2. The normalized spacial score (nSPS) is 13.5. The Bertz CT molecular complexity index is 1570. The van der Waals surface area contributed by atoms with Crippen LogP contribution < -0.4 is 11.1 Å². The summed E-state index contributed by atoms with van der Waals surface area (Å²) < 4.78 is 17.3. The van der Waals surface area contributed by atoms with Crippen LogP contribution in [0, 0.1) is 5.82 Å². The minimum absolute atomic E-state index is 0.00989. The van der Waals surface area contributed by atoms with Gasteiger partial charge in [0.05, 0.1) is 11.1 Å². The van der Waals surface area contributed by atoms with Crippen LogP contribution in [0.5, 0.6) is 0 Å². The second-order valence-corrected chi connectivity index (χ2v) is 9.60. The molecule has 1 saturated heterocycles. The second-order valence-electron chi connectivity index (χ2n) is 9.60. The zero-order chi connectivity index (χ0) is 27.0. The van der Waals surface area contributed by atoms with Crippen LogP contribution in [0.1, 0.15) is 36.5 Å². The third-order valence-electron chi connectivity index (χ3n) is 6.93. The van der Waals surface area contributed by atoms with Crippen molar-refractivity contribution in [3.63, 3.8) is 0 Å². The van der Waals surface area contributed by atoms with Crippen molar-refractivity contribution >= 4 is 34.4 Å². The van der Waals surface area contributed by atoms with E-state index in [9.17, 15) is 9.59 Å². The highest BCUT2D eigenvalue weighted by molar-refractivity contribution is 6.08. The van der Waals surface area contributed by atoms with Crippen molar-refractivity contribution in [3.8, 4) is 22.4 Å². The first-order chi connectivity index (χ1) is 18.3. The number of benzene rings is 2. The summed E-state index contributed by atoms with van der Waals surface area (Å²) in [5, 5.41) is 3.23. The molecule has 1 aliphatic heterocycles. The van der Waals surface area contributed by atoms with Crippen LogP contribution in [0.4, 0.5) is 15.9 Å². The van der Waals surface area contributed by atoms with Crippen molar-refractivity contribution in [3.05, 3.63) is 72.3 Å². The number of carbonyl (C=O) groups is 2. The number of likely N-dealkylation sites (tertiary alicyclic amines) is 1. The summed E-state index contributed by atoms with van der Waals surface area (Å²) in [5.74, 6) is -0.633. The number of aromatic nitrogens is 3. The minimum atomic E-state index is -0.528. The lowest BCUT2D eigenvalue weighted by molar-refractivity contribution is -0.112. The molecule has 2 aromatic carbocycles. The van der Waals surface area contributed by atoms with E-state index in [0.29, 0.717) is 44.7 Å². The van der Waals surface area contributed by atoms with Crippen molar-refractivity contribution in [2.45, 2.75) is 26.2 Å². The van der Waals surface area contributed by atoms with E-state index in [-0.39, 0.29) is 17.6 Å². The third kappa shape index (κ3) is 4.51. The molecule has 0 spiro atoms. The molecule has 0 aliphatic carbocycles. The average molecular weight is 513 g/mol. The third-order valence-corrected chi connectivity index (χ3v) is 6.93. The van der Waals surface area contributed by atoms with Crippen LogP contribution in [0.25, 0.3) is 33.4 Å². The standard InChI is InChI=1S/C29H29FN6O2/c1-17(2)28(37)34-20-11-12-21(22(30)15-20)25-23(24-26(31)32-16-33-27(24)35(25)3)18-7-9-19(10-8-18)29(38)36-13-5-4-6-14-36/h7-12,15-16H,1,4-6,13-14H2,2-3H3,(H,34,37)(H2,31,32,33). The van der Waals surface area contributed by atoms with Gasteiger partial charge >= 0.3 is 0 Å². The van der Waals surface area contributed by atoms with Gasteiger partial charge in [0.15, 0.2) is 0 Å². The number of fused-ring (bicyclic) bond motifs is 1. The van der Waals surface area contributed by atoms with E-state index in [0.717, 1.165) is 37.9 Å². The highest BCUT2D eigenvalue weighted by Gasteiger charge is 2.25. The van der Waals surface area contributed by atoms with Gasteiger partial charge in [-0.15, -0.1) is 0 Å². The number of amides is 2. The fourth-order valence-corrected chi connectivity index (χ4v) is 4.95. The van der Waals surface area contributed by atoms with Crippen molar-refractivity contribution in [1.29, 1.82) is 0 Å². The number of piperidine rings is 1. The molecule has 0 saturated carbocycles. The number of halogens is 1. The quantitative estimate of drug-likeness (QED) is 0.359. The Morgan fingerprint density at radius 3 is 2.42 bits per heavy atom. The highest BCUT2D eigenvalue weighted by atomic mass is 19.1. The zero-order valence-corrected chi connectivity index (χ0v) is 21.4. The predicted octanol–water partition coefficient (Wildman–Crippen LogP) is 5.16. The summed E-state index contributed by atoms with van der Waals surface area (Å²) in [6, 6.07) is 11.8. The SMILES string of the molecule is C=C(C)C(=O)Nc1ccc(-c2c(-c3ccc(C(=O)N4CCCCC4)cc3)c3c(N)ncnc3n2C)c(F)c1. The van der Waals surface area contributed by atoms with Gasteiger partial charge in [-0.25, -0.2) is 14.4 Å². The predicted molar refractivity (Wildman–Crippen MR) is 147 cm³/mol. The maximum absolute atomic E-state index is 15.6. The van der Waals surface area contributed by atoms with Crippen LogP contribution in [-0.2, 0) is 11.8 Å². The Labute approximate surface area is 220 Å². The molecule has 9 heteroatoms. The minimum Gasteiger partial charge on any atom is -0.383 e. The fraction of sp³-hybridized carbons (Fsp3) is 0.241. The van der Waals surface area contributed by atoms with Crippen LogP contribution in [0.2, 0.25) is 0 Å². The van der Waals surface area contributed by atoms with Gasteiger partial charge in [0.25, 0.3) is 11.8 Å². The molecule has 5 rings (SSSR count). The molecule has 0 bridgehead atoms. The number of carbonyl (C=O) groups excluding carboxylic acids is 2. The average Bonchev–Trinajstić information content (AvgIpc) is 3.22. The number of hydrogen-bond acceptors (Lipinski definition) is 5. The molecule has 0 unspecified atom stereocenters. The lowest BCUT2D eigenvalue weighted by Crippen LogP contribution is -2.35. The molecular formula is C29H29FN6O2. The van der Waals surface area contributed by atoms with Crippen LogP contribution in [-0.4, -0.2) is 44.3 Å². The van der Waals surface area contributed by atoms with Crippen LogP contribution in [0.3, 0.4) is 0 Å². The number of nitrogens with two attached hydrogens (primary N) is 1. The van der Waals surface area contributed by atoms with Crippen LogP contribution in [0.15, 0.2) is 60.9 Å². The molecule has 1 aliphatic rings. The van der Waals surface area contributed by atoms with E-state index in [1.165, 1.54) is 12.4 Å². The largest absolute Gasteiger partial charge is 0.383 e. The van der Waals surface area contributed by atoms with Gasteiger partial charge < -0.3 is 20.5 Å². The van der Waals surface area contributed by atoms with Gasteiger partial charge in [0.1, 0.15) is 23.6 Å². The molecule has 1 fully saturated rings. The smallest absolute Gasteiger partial charge is 0.253 e. The Hall–Kier alpha value is -4.53. The second kappa shape index (κ2) is 10.1. The number of nitrogen functional groups attached to an aromatic ring is 1. The van der Waals surface area contributed by atoms with Crippen molar-refractivity contribution in [2.75, 3.05) is 24.1 Å². The summed E-state index contributed by atoms with van der Waals surface area (Å²) in [4.78, 5) is 35.5. The molecule has 38 heavy (non-hydrogen) atoms. The molecule has 2 aromatic heterocycles. The summed E-state index contributed by atoms with van der Waals surface area (Å²) in [7, 11) is 1.79. The molecular weight excluding hydrogens is 483 g/mol. The number of nitrogens with zero attached hydrogens (tertiary/aromatic N) is 4. The monoisotopic (exact) mass is 512 g/mol. The highest BCUT2D eigenvalue weighted by Crippen LogP contribution is 2.42. The van der Waals surface area contributed by atoms with Gasteiger partial charge in [-0.2, -0.15) is 0 Å². The van der Waals surface area contributed by atoms with Gasteiger partial charge in [-0.1, -0.05) is 18.7 Å². The summed E-state index contributed by atoms with van der Waals surface area (Å²) >= 11 is 0. The Balaban J connectivity index is 1.61. The number of rotatable bonds is 5. The molecule has 8 nitrogen and oxygen atoms in total. The lowest BCUT2D eigenvalue weighted by Gasteiger charge is -2.26. The Kier molecular flexibility index (Phi) is 6.67. The lowest BCUT2D eigenvalue weighted by atomic mass is 9.97. The van der Waals surface area contributed by atoms with Crippen LogP contribution >= 0.6 is 0 Å². The molecule has 0 radical (unpaired) electrons. The van der Waals surface area contributed by atoms with E-state index in [1.54, 1.807) is 42.8 Å². The molecule has 194 valence electrons. The molecule has 2 amide bonds. The van der Waals surface area contributed by atoms with E-state index in [2.05, 4.69) is 21.9 Å². The Morgan fingerprint density at radius 1 is 1.05 bits per heavy atom. The van der Waals surface area contributed by atoms with Crippen molar-refractivity contribution in [2.24, 2.45) is 7.05 Å². The number of aryl methyl sites for hydroxylation is 1. The van der Waals surface area contributed by atoms with Gasteiger partial charge in [0, 0.05) is 48.1 Å². The molecule has 0 atom stereocenters. The Morgan fingerprint density at radius 2 is 1.76 bits per heavy atom. The zero-order valence-electron chi connectivity index (χ0n) is 21.4. The van der Waals surface area contributed by atoms with Gasteiger partial charge in [0.2, 0.25) is 0 Å². The maximum Gasteiger partial charge on any atom is 0.253 e. The van der Waals surface area contributed by atoms with E-state index < -0.39 is 5.82 Å². The van der Waals surface area contributed by atoms with E-state index >= 15 is 4.39 Å². The first kappa shape index (κ1) is 25.1. The maximum atomic E-state index is 15.6. The molecule has 4 aromatic rings. The topological polar surface area (TPSA) is 106 Å². The molecule has 3 N–H and O–H groups in total.